The SMILES string of the molecule is NCCCCNC(=O)c1cn2c(ccc3c(C(F)(F)F)cc(C(F)(F)F)nc32)n1. The summed E-state index contributed by atoms with van der Waals surface area (Å²) in [6.45, 7) is 0.754. The average molecular weight is 419 g/mol. The minimum Gasteiger partial charge on any atom is -0.351 e. The Morgan fingerprint density at radius 3 is 2.41 bits per heavy atom. The fourth-order valence-electron chi connectivity index (χ4n) is 2.78. The van der Waals surface area contributed by atoms with Crippen LogP contribution in [0.4, 0.5) is 26.3 Å². The van der Waals surface area contributed by atoms with Crippen LogP contribution in [0.25, 0.3) is 16.7 Å². The summed E-state index contributed by atoms with van der Waals surface area (Å²) in [5.74, 6) is -0.609. The number of amides is 1. The monoisotopic (exact) mass is 419 g/mol. The van der Waals surface area contributed by atoms with E-state index in [-0.39, 0.29) is 17.4 Å². The molecular formula is C17H15F6N5O. The number of pyridine rings is 2. The van der Waals surface area contributed by atoms with Crippen molar-refractivity contribution in [3.05, 3.63) is 41.3 Å². The van der Waals surface area contributed by atoms with E-state index in [0.717, 1.165) is 16.7 Å². The maximum Gasteiger partial charge on any atom is 0.433 e. The van der Waals surface area contributed by atoms with Gasteiger partial charge in [-0.05, 0) is 37.6 Å². The number of nitrogens with zero attached hydrogens (tertiary/aromatic N) is 3. The number of carbonyl (C=O) groups is 1. The highest BCUT2D eigenvalue weighted by Gasteiger charge is 2.39. The topological polar surface area (TPSA) is 85.3 Å². The lowest BCUT2D eigenvalue weighted by atomic mass is 10.1. The van der Waals surface area contributed by atoms with Crippen LogP contribution < -0.4 is 11.1 Å². The van der Waals surface area contributed by atoms with Crippen LogP contribution in [0, 0.1) is 0 Å². The first-order chi connectivity index (χ1) is 13.5. The van der Waals surface area contributed by atoms with Crippen molar-refractivity contribution in [1.29, 1.82) is 0 Å². The molecule has 0 bridgehead atoms. The summed E-state index contributed by atoms with van der Waals surface area (Å²) in [6.07, 6.45) is -7.76. The van der Waals surface area contributed by atoms with Crippen LogP contribution in [0.1, 0.15) is 34.6 Å². The lowest BCUT2D eigenvalue weighted by molar-refractivity contribution is -0.144. The van der Waals surface area contributed by atoms with E-state index in [4.69, 9.17) is 5.73 Å². The molecule has 6 nitrogen and oxygen atoms in total. The first-order valence-corrected chi connectivity index (χ1v) is 8.48. The molecule has 3 aromatic rings. The lowest BCUT2D eigenvalue weighted by Crippen LogP contribution is -2.25. The smallest absolute Gasteiger partial charge is 0.351 e. The Morgan fingerprint density at radius 1 is 1.07 bits per heavy atom. The van der Waals surface area contributed by atoms with Gasteiger partial charge in [-0.3, -0.25) is 9.20 Å². The van der Waals surface area contributed by atoms with Gasteiger partial charge in [0.2, 0.25) is 0 Å². The predicted molar refractivity (Wildman–Crippen MR) is 91.1 cm³/mol. The number of rotatable bonds is 5. The molecule has 0 saturated carbocycles. The van der Waals surface area contributed by atoms with Crippen LogP contribution >= 0.6 is 0 Å². The molecule has 0 radical (unpaired) electrons. The van der Waals surface area contributed by atoms with Crippen molar-refractivity contribution in [2.75, 3.05) is 13.1 Å². The van der Waals surface area contributed by atoms with Crippen molar-refractivity contribution in [2.45, 2.75) is 25.2 Å². The van der Waals surface area contributed by atoms with E-state index in [2.05, 4.69) is 15.3 Å². The Labute approximate surface area is 159 Å². The highest BCUT2D eigenvalue weighted by molar-refractivity contribution is 5.93. The molecule has 0 aliphatic carbocycles. The van der Waals surface area contributed by atoms with Crippen LogP contribution in [0.15, 0.2) is 24.4 Å². The fraction of sp³-hybridized carbons (Fsp3) is 0.353. The summed E-state index contributed by atoms with van der Waals surface area (Å²) in [6, 6.07) is 2.13. The van der Waals surface area contributed by atoms with Crippen LogP contribution in [-0.4, -0.2) is 33.4 Å². The molecule has 3 rings (SSSR count). The van der Waals surface area contributed by atoms with Crippen molar-refractivity contribution in [2.24, 2.45) is 5.73 Å². The highest BCUT2D eigenvalue weighted by atomic mass is 19.4. The standard InChI is InChI=1S/C17H15F6N5O/c18-16(19,20)10-7-12(17(21,22)23)27-14-9(10)3-4-13-26-11(8-28(13)14)15(29)25-6-2-1-5-24/h3-4,7-8H,1-2,5-6,24H2,(H,25,29). The number of halogens is 6. The number of hydrogen-bond donors (Lipinski definition) is 2. The van der Waals surface area contributed by atoms with Gasteiger partial charge in [0, 0.05) is 18.1 Å². The molecule has 29 heavy (non-hydrogen) atoms. The second kappa shape index (κ2) is 7.50. The fourth-order valence-corrected chi connectivity index (χ4v) is 2.78. The molecule has 0 spiro atoms. The van der Waals surface area contributed by atoms with Crippen LogP contribution in [-0.2, 0) is 12.4 Å². The van der Waals surface area contributed by atoms with E-state index in [9.17, 15) is 31.1 Å². The molecule has 0 saturated heterocycles. The highest BCUT2D eigenvalue weighted by Crippen LogP contribution is 2.38. The number of alkyl halides is 6. The number of fused-ring (bicyclic) bond motifs is 3. The Hall–Kier alpha value is -2.89. The van der Waals surface area contributed by atoms with Gasteiger partial charge >= 0.3 is 12.4 Å². The van der Waals surface area contributed by atoms with E-state index in [0.29, 0.717) is 25.9 Å². The predicted octanol–water partition coefficient (Wildman–Crippen LogP) is 3.39. The summed E-state index contributed by atoms with van der Waals surface area (Å²) in [5, 5.41) is 2.03. The number of carbonyl (C=O) groups excluding carboxylic acids is 1. The van der Waals surface area contributed by atoms with Gasteiger partial charge in [0.25, 0.3) is 5.91 Å². The lowest BCUT2D eigenvalue weighted by Gasteiger charge is -2.14. The van der Waals surface area contributed by atoms with Crippen molar-refractivity contribution in [3.8, 4) is 0 Å². The maximum atomic E-state index is 13.3. The molecular weight excluding hydrogens is 404 g/mol. The van der Waals surface area contributed by atoms with E-state index < -0.39 is 40.6 Å². The second-order valence-electron chi connectivity index (χ2n) is 6.23. The molecule has 3 aromatic heterocycles. The van der Waals surface area contributed by atoms with E-state index in [1.165, 1.54) is 6.07 Å². The zero-order valence-electron chi connectivity index (χ0n) is 14.7. The summed E-state index contributed by atoms with van der Waals surface area (Å²) >= 11 is 0. The zero-order valence-corrected chi connectivity index (χ0v) is 14.7. The van der Waals surface area contributed by atoms with Crippen molar-refractivity contribution < 1.29 is 31.1 Å². The number of hydrogen-bond acceptors (Lipinski definition) is 4. The molecule has 0 fully saturated rings. The van der Waals surface area contributed by atoms with Crippen molar-refractivity contribution in [1.82, 2.24) is 19.7 Å². The Bertz CT molecular complexity index is 1060. The molecule has 0 atom stereocenters. The molecule has 0 aromatic carbocycles. The van der Waals surface area contributed by atoms with Gasteiger partial charge in [0.05, 0.1) is 5.56 Å². The van der Waals surface area contributed by atoms with Crippen molar-refractivity contribution in [3.63, 3.8) is 0 Å². The van der Waals surface area contributed by atoms with Gasteiger partial charge < -0.3 is 11.1 Å². The molecule has 3 heterocycles. The summed E-state index contributed by atoms with van der Waals surface area (Å²) in [5.41, 5.74) is 1.43. The summed E-state index contributed by atoms with van der Waals surface area (Å²) in [4.78, 5) is 19.5. The van der Waals surface area contributed by atoms with E-state index >= 15 is 0 Å². The van der Waals surface area contributed by atoms with E-state index in [1.54, 1.807) is 0 Å². The Morgan fingerprint density at radius 2 is 1.79 bits per heavy atom. The third kappa shape index (κ3) is 4.26. The number of imidazole rings is 1. The molecule has 0 aliphatic rings. The van der Waals surface area contributed by atoms with Gasteiger partial charge in [-0.1, -0.05) is 0 Å². The number of unbranched alkanes of at least 4 members (excludes halogenated alkanes) is 1. The van der Waals surface area contributed by atoms with Gasteiger partial charge in [-0.15, -0.1) is 0 Å². The first-order valence-electron chi connectivity index (χ1n) is 8.48. The second-order valence-corrected chi connectivity index (χ2v) is 6.23. The number of nitrogens with one attached hydrogen (secondary N) is 1. The Kier molecular flexibility index (Phi) is 5.39. The zero-order chi connectivity index (χ0) is 21.4. The number of aromatic nitrogens is 3. The average Bonchev–Trinajstić information content (AvgIpc) is 3.07. The van der Waals surface area contributed by atoms with E-state index in [1.807, 2.05) is 0 Å². The van der Waals surface area contributed by atoms with Gasteiger partial charge in [0.15, 0.2) is 0 Å². The molecule has 0 aliphatic heterocycles. The molecule has 156 valence electrons. The van der Waals surface area contributed by atoms with Crippen LogP contribution in [0.3, 0.4) is 0 Å². The van der Waals surface area contributed by atoms with Gasteiger partial charge in [-0.25, -0.2) is 9.97 Å². The third-order valence-electron chi connectivity index (χ3n) is 4.14. The minimum absolute atomic E-state index is 0.00967. The quantitative estimate of drug-likeness (QED) is 0.491. The minimum atomic E-state index is -5.08. The maximum absolute atomic E-state index is 13.3. The molecule has 12 heteroatoms. The van der Waals surface area contributed by atoms with Crippen LogP contribution in [0.2, 0.25) is 0 Å². The molecule has 0 unspecified atom stereocenters. The summed E-state index contributed by atoms with van der Waals surface area (Å²) in [7, 11) is 0. The molecule has 1 amide bonds. The van der Waals surface area contributed by atoms with Crippen LogP contribution in [0.5, 0.6) is 0 Å². The van der Waals surface area contributed by atoms with Crippen molar-refractivity contribution >= 4 is 22.6 Å². The normalized spacial score (nSPS) is 12.7. The van der Waals surface area contributed by atoms with Gasteiger partial charge in [-0.2, -0.15) is 26.3 Å². The third-order valence-corrected chi connectivity index (χ3v) is 4.14. The largest absolute Gasteiger partial charge is 0.433 e. The summed E-state index contributed by atoms with van der Waals surface area (Å²) < 4.78 is 80.2. The Balaban J connectivity index is 2.13. The van der Waals surface area contributed by atoms with Gasteiger partial charge in [0.1, 0.15) is 22.7 Å². The first kappa shape index (κ1) is 20.8. The number of nitrogens with two attached hydrogens (primary N) is 1. The molecule has 3 N–H and O–H groups in total.